The van der Waals surface area contributed by atoms with Crippen molar-refractivity contribution in [3.05, 3.63) is 69.5 Å². The van der Waals surface area contributed by atoms with Crippen molar-refractivity contribution in [3.63, 3.8) is 0 Å². The normalized spacial score (nSPS) is 12.4. The fourth-order valence-corrected chi connectivity index (χ4v) is 2.61. The zero-order valence-corrected chi connectivity index (χ0v) is 15.1. The first kappa shape index (κ1) is 18.1. The number of carbonyl (C=O) groups is 1. The van der Waals surface area contributed by atoms with Gasteiger partial charge < -0.3 is 20.4 Å². The van der Waals surface area contributed by atoms with Crippen molar-refractivity contribution >= 4 is 28.3 Å². The Morgan fingerprint density at radius 3 is 2.52 bits per heavy atom. The van der Waals surface area contributed by atoms with Gasteiger partial charge in [-0.05, 0) is 50.6 Å². The first-order valence-corrected chi connectivity index (χ1v) is 8.26. The average Bonchev–Trinajstić information content (AvgIpc) is 2.96. The summed E-state index contributed by atoms with van der Waals surface area (Å²) >= 11 is 0. The topological polar surface area (TPSA) is 123 Å². The van der Waals surface area contributed by atoms with Crippen LogP contribution in [-0.4, -0.2) is 21.0 Å². The second kappa shape index (κ2) is 7.28. The van der Waals surface area contributed by atoms with Gasteiger partial charge >= 0.3 is 5.69 Å². The number of nitrogens with one attached hydrogen (secondary N) is 3. The Morgan fingerprint density at radius 2 is 1.81 bits per heavy atom. The smallest absolute Gasteiger partial charge is 0.323 e. The number of aromatic amines is 2. The number of imidazole rings is 1. The summed E-state index contributed by atoms with van der Waals surface area (Å²) in [4.78, 5) is 29.0. The van der Waals surface area contributed by atoms with Gasteiger partial charge in [-0.2, -0.15) is 5.11 Å². The minimum atomic E-state index is -0.568. The largest absolute Gasteiger partial charge is 0.510 e. The zero-order chi connectivity index (χ0) is 19.6. The second-order valence-corrected chi connectivity index (χ2v) is 6.22. The molecule has 0 aliphatic heterocycles. The van der Waals surface area contributed by atoms with Crippen LogP contribution < -0.4 is 11.0 Å². The number of aliphatic hydroxyl groups is 1. The molecule has 0 bridgehead atoms. The summed E-state index contributed by atoms with van der Waals surface area (Å²) in [6, 6.07) is 10.5. The number of hydrogen-bond donors (Lipinski definition) is 4. The fraction of sp³-hybridized carbons (Fsp3) is 0.158. The van der Waals surface area contributed by atoms with Gasteiger partial charge in [-0.25, -0.2) is 4.79 Å². The van der Waals surface area contributed by atoms with Crippen LogP contribution in [0.4, 0.5) is 11.4 Å². The molecule has 4 N–H and O–H groups in total. The standard InChI is InChI=1S/C19H19N5O3/c1-10-4-6-14(11(2)8-10)20-18(26)17(12(3)25)24-23-13-5-7-15-16(9-13)22-19(27)21-15/h4-9,25H,1-3H3,(H,20,26)(H2,21,22,27)/b17-12-,24-23?. The van der Waals surface area contributed by atoms with Crippen molar-refractivity contribution in [2.75, 3.05) is 5.32 Å². The second-order valence-electron chi connectivity index (χ2n) is 6.22. The molecule has 2 aromatic carbocycles. The summed E-state index contributed by atoms with van der Waals surface area (Å²) in [5, 5.41) is 20.5. The molecule has 8 nitrogen and oxygen atoms in total. The Labute approximate surface area is 154 Å². The molecular formula is C19H19N5O3. The van der Waals surface area contributed by atoms with Gasteiger partial charge in [-0.15, -0.1) is 5.11 Å². The zero-order valence-electron chi connectivity index (χ0n) is 15.1. The minimum absolute atomic E-state index is 0.197. The number of aliphatic hydroxyl groups excluding tert-OH is 1. The van der Waals surface area contributed by atoms with Gasteiger partial charge in [0.1, 0.15) is 5.76 Å². The number of fused-ring (bicyclic) bond motifs is 1. The molecule has 1 heterocycles. The highest BCUT2D eigenvalue weighted by Gasteiger charge is 2.14. The molecule has 0 radical (unpaired) electrons. The third-order valence-corrected chi connectivity index (χ3v) is 3.95. The third-order valence-electron chi connectivity index (χ3n) is 3.95. The Balaban J connectivity index is 1.84. The number of H-pyrrole nitrogens is 2. The lowest BCUT2D eigenvalue weighted by Crippen LogP contribution is -2.15. The molecule has 0 fully saturated rings. The maximum Gasteiger partial charge on any atom is 0.323 e. The molecule has 1 amide bonds. The molecule has 1 aromatic heterocycles. The predicted molar refractivity (Wildman–Crippen MR) is 103 cm³/mol. The molecule has 0 saturated carbocycles. The molecule has 0 spiro atoms. The summed E-state index contributed by atoms with van der Waals surface area (Å²) in [5.74, 6) is -0.820. The maximum atomic E-state index is 12.5. The number of benzene rings is 2. The Kier molecular flexibility index (Phi) is 4.89. The van der Waals surface area contributed by atoms with Gasteiger partial charge in [-0.3, -0.25) is 4.79 Å². The van der Waals surface area contributed by atoms with Crippen molar-refractivity contribution in [1.29, 1.82) is 0 Å². The lowest BCUT2D eigenvalue weighted by molar-refractivity contribution is -0.113. The molecule has 27 heavy (non-hydrogen) atoms. The molecule has 3 aromatic rings. The van der Waals surface area contributed by atoms with Crippen molar-refractivity contribution in [1.82, 2.24) is 9.97 Å². The van der Waals surface area contributed by atoms with Gasteiger partial charge in [0.05, 0.1) is 16.7 Å². The van der Waals surface area contributed by atoms with E-state index >= 15 is 0 Å². The number of aryl methyl sites for hydroxylation is 2. The van der Waals surface area contributed by atoms with Crippen LogP contribution in [0.5, 0.6) is 0 Å². The molecule has 8 heteroatoms. The van der Waals surface area contributed by atoms with E-state index in [1.54, 1.807) is 24.3 Å². The van der Waals surface area contributed by atoms with E-state index in [1.165, 1.54) is 6.92 Å². The monoisotopic (exact) mass is 365 g/mol. The van der Waals surface area contributed by atoms with E-state index in [2.05, 4.69) is 25.5 Å². The van der Waals surface area contributed by atoms with Crippen LogP contribution in [0.2, 0.25) is 0 Å². The van der Waals surface area contributed by atoms with E-state index in [0.717, 1.165) is 11.1 Å². The van der Waals surface area contributed by atoms with Crippen molar-refractivity contribution in [2.45, 2.75) is 20.8 Å². The van der Waals surface area contributed by atoms with Crippen molar-refractivity contribution in [3.8, 4) is 0 Å². The number of rotatable bonds is 4. The van der Waals surface area contributed by atoms with Crippen molar-refractivity contribution in [2.24, 2.45) is 10.2 Å². The van der Waals surface area contributed by atoms with Crippen LogP contribution in [0.3, 0.4) is 0 Å². The van der Waals surface area contributed by atoms with Gasteiger partial charge in [-0.1, -0.05) is 17.7 Å². The van der Waals surface area contributed by atoms with Gasteiger partial charge in [0, 0.05) is 5.69 Å². The summed E-state index contributed by atoms with van der Waals surface area (Å²) < 4.78 is 0. The highest BCUT2D eigenvalue weighted by molar-refractivity contribution is 6.04. The first-order chi connectivity index (χ1) is 12.8. The van der Waals surface area contributed by atoms with E-state index in [9.17, 15) is 14.7 Å². The molecule has 0 aliphatic carbocycles. The van der Waals surface area contributed by atoms with Gasteiger partial charge in [0.25, 0.3) is 5.91 Å². The quantitative estimate of drug-likeness (QED) is 0.317. The number of hydrogen-bond acceptors (Lipinski definition) is 5. The predicted octanol–water partition coefficient (Wildman–Crippen LogP) is 3.98. The Bertz CT molecular complexity index is 1130. The van der Waals surface area contributed by atoms with Crippen LogP contribution in [0, 0.1) is 13.8 Å². The SMILES string of the molecule is C/C(O)=C(/N=Nc1ccc2[nH]c(=O)[nH]c2c1)C(=O)Nc1ccc(C)cc1C. The molecule has 138 valence electrons. The lowest BCUT2D eigenvalue weighted by Gasteiger charge is -2.09. The van der Waals surface area contributed by atoms with Crippen LogP contribution >= 0.6 is 0 Å². The molecule has 3 rings (SSSR count). The summed E-state index contributed by atoms with van der Waals surface area (Å²) in [6.45, 7) is 5.21. The molecule has 0 atom stereocenters. The summed E-state index contributed by atoms with van der Waals surface area (Å²) in [7, 11) is 0. The lowest BCUT2D eigenvalue weighted by atomic mass is 10.1. The molecule has 0 unspecified atom stereocenters. The van der Waals surface area contributed by atoms with Crippen LogP contribution in [0.1, 0.15) is 18.1 Å². The molecular weight excluding hydrogens is 346 g/mol. The van der Waals surface area contributed by atoms with Crippen LogP contribution in [0.15, 0.2) is 62.9 Å². The van der Waals surface area contributed by atoms with E-state index in [0.29, 0.717) is 22.4 Å². The van der Waals surface area contributed by atoms with E-state index in [1.807, 2.05) is 26.0 Å². The molecule has 0 aliphatic rings. The minimum Gasteiger partial charge on any atom is -0.510 e. The number of allylic oxidation sites excluding steroid dienone is 1. The van der Waals surface area contributed by atoms with Crippen molar-refractivity contribution < 1.29 is 9.90 Å². The van der Waals surface area contributed by atoms with Crippen LogP contribution in [0.25, 0.3) is 11.0 Å². The van der Waals surface area contributed by atoms with Gasteiger partial charge in [0.15, 0.2) is 5.70 Å². The third kappa shape index (κ3) is 4.12. The average molecular weight is 365 g/mol. The van der Waals surface area contributed by atoms with E-state index in [-0.39, 0.29) is 17.1 Å². The number of nitrogens with zero attached hydrogens (tertiary/aromatic N) is 2. The van der Waals surface area contributed by atoms with Gasteiger partial charge in [0.2, 0.25) is 0 Å². The van der Waals surface area contributed by atoms with E-state index in [4.69, 9.17) is 0 Å². The Morgan fingerprint density at radius 1 is 1.07 bits per heavy atom. The highest BCUT2D eigenvalue weighted by Crippen LogP contribution is 2.21. The number of amides is 1. The number of aromatic nitrogens is 2. The number of anilines is 1. The van der Waals surface area contributed by atoms with E-state index < -0.39 is 5.91 Å². The highest BCUT2D eigenvalue weighted by atomic mass is 16.3. The summed E-state index contributed by atoms with van der Waals surface area (Å²) in [6.07, 6.45) is 0. The Hall–Kier alpha value is -3.68. The summed E-state index contributed by atoms with van der Waals surface area (Å²) in [5.41, 5.74) is 3.73. The fourth-order valence-electron chi connectivity index (χ4n) is 2.61. The molecule has 0 saturated heterocycles. The maximum absolute atomic E-state index is 12.5. The van der Waals surface area contributed by atoms with Crippen LogP contribution in [-0.2, 0) is 4.79 Å². The first-order valence-electron chi connectivity index (χ1n) is 8.26. The number of carbonyl (C=O) groups excluding carboxylic acids is 1. The number of azo groups is 1.